The molecule has 4 rings (SSSR count). The Morgan fingerprint density at radius 1 is 1.20 bits per heavy atom. The molecule has 3 heterocycles. The molecule has 1 aromatic heterocycles. The molecule has 1 aromatic carbocycles. The molecule has 2 aliphatic heterocycles. The molecule has 2 aliphatic rings. The van der Waals surface area contributed by atoms with E-state index in [9.17, 15) is 0 Å². The van der Waals surface area contributed by atoms with Crippen molar-refractivity contribution in [3.05, 3.63) is 35.9 Å². The van der Waals surface area contributed by atoms with Gasteiger partial charge in [0.15, 0.2) is 5.96 Å². The molecule has 1 N–H and O–H groups in total. The van der Waals surface area contributed by atoms with E-state index in [1.807, 2.05) is 21.1 Å². The van der Waals surface area contributed by atoms with E-state index in [1.54, 1.807) is 0 Å². The Balaban J connectivity index is 0.00000256. The Hall–Kier alpha value is -1.61. The van der Waals surface area contributed by atoms with Gasteiger partial charge in [-0.2, -0.15) is 0 Å². The van der Waals surface area contributed by atoms with Crippen molar-refractivity contribution in [3.8, 4) is 0 Å². The van der Waals surface area contributed by atoms with Gasteiger partial charge in [0, 0.05) is 52.7 Å². The summed E-state index contributed by atoms with van der Waals surface area (Å²) in [6.45, 7) is 6.77. The van der Waals surface area contributed by atoms with Crippen molar-refractivity contribution in [2.75, 3.05) is 58.8 Å². The normalized spacial score (nSPS) is 19.9. The number of aliphatic imine (C=N–C) groups is 1. The predicted octanol–water partition coefficient (Wildman–Crippen LogP) is 3.41. The zero-order valence-electron chi connectivity index (χ0n) is 18.5. The van der Waals surface area contributed by atoms with Crippen LogP contribution in [-0.2, 0) is 6.54 Å². The lowest BCUT2D eigenvalue weighted by molar-refractivity contribution is 0.281. The van der Waals surface area contributed by atoms with Crippen LogP contribution in [0.3, 0.4) is 0 Å². The Labute approximate surface area is 197 Å². The lowest BCUT2D eigenvalue weighted by Gasteiger charge is -2.24. The van der Waals surface area contributed by atoms with E-state index in [1.165, 1.54) is 49.8 Å². The number of pyridine rings is 1. The number of nitrogens with zero attached hydrogens (tertiary/aromatic N) is 5. The van der Waals surface area contributed by atoms with Gasteiger partial charge in [0.05, 0.1) is 5.52 Å². The maximum Gasteiger partial charge on any atom is 0.193 e. The number of para-hydroxylation sites is 1. The molecule has 2 fully saturated rings. The number of aromatic nitrogens is 1. The number of rotatable bonds is 5. The zero-order chi connectivity index (χ0) is 20.2. The number of benzene rings is 1. The first-order valence-electron chi connectivity index (χ1n) is 10.9. The molecule has 1 unspecified atom stereocenters. The predicted molar refractivity (Wildman–Crippen MR) is 137 cm³/mol. The van der Waals surface area contributed by atoms with Crippen LogP contribution in [0.4, 0.5) is 5.82 Å². The highest BCUT2D eigenvalue weighted by atomic mass is 127. The van der Waals surface area contributed by atoms with Crippen LogP contribution in [0, 0.1) is 5.92 Å². The number of guanidine groups is 1. The summed E-state index contributed by atoms with van der Waals surface area (Å²) < 4.78 is 0. The van der Waals surface area contributed by atoms with Crippen molar-refractivity contribution >= 4 is 46.7 Å². The van der Waals surface area contributed by atoms with Gasteiger partial charge in [0.25, 0.3) is 0 Å². The third-order valence-electron chi connectivity index (χ3n) is 6.20. The Kier molecular flexibility index (Phi) is 8.16. The minimum atomic E-state index is 0. The van der Waals surface area contributed by atoms with E-state index in [-0.39, 0.29) is 24.0 Å². The van der Waals surface area contributed by atoms with Gasteiger partial charge in [-0.1, -0.05) is 18.2 Å². The van der Waals surface area contributed by atoms with Crippen molar-refractivity contribution in [1.29, 1.82) is 0 Å². The van der Waals surface area contributed by atoms with Crippen molar-refractivity contribution < 1.29 is 0 Å². The van der Waals surface area contributed by atoms with Crippen LogP contribution < -0.4 is 10.2 Å². The van der Waals surface area contributed by atoms with E-state index in [4.69, 9.17) is 4.98 Å². The first-order valence-corrected chi connectivity index (χ1v) is 10.9. The van der Waals surface area contributed by atoms with Crippen molar-refractivity contribution in [1.82, 2.24) is 20.1 Å². The first-order chi connectivity index (χ1) is 14.1. The fraction of sp³-hybridized carbons (Fsp3) is 0.565. The molecule has 1 atom stereocenters. The summed E-state index contributed by atoms with van der Waals surface area (Å²) >= 11 is 0. The zero-order valence-corrected chi connectivity index (χ0v) is 20.8. The summed E-state index contributed by atoms with van der Waals surface area (Å²) in [5.74, 6) is 2.76. The summed E-state index contributed by atoms with van der Waals surface area (Å²) in [6, 6.07) is 10.6. The number of nitrogens with one attached hydrogen (secondary N) is 1. The maximum atomic E-state index is 4.77. The highest BCUT2D eigenvalue weighted by Gasteiger charge is 2.27. The second-order valence-corrected chi connectivity index (χ2v) is 8.56. The largest absolute Gasteiger partial charge is 0.363 e. The molecule has 6 nitrogen and oxygen atoms in total. The van der Waals surface area contributed by atoms with Crippen LogP contribution in [0.2, 0.25) is 0 Å². The second-order valence-electron chi connectivity index (χ2n) is 8.56. The quantitative estimate of drug-likeness (QED) is 0.371. The number of hydrogen-bond donors (Lipinski definition) is 1. The van der Waals surface area contributed by atoms with Crippen LogP contribution >= 0.6 is 24.0 Å². The van der Waals surface area contributed by atoms with Gasteiger partial charge in [0.1, 0.15) is 5.82 Å². The molecular formula is C23H35IN6. The standard InChI is InChI=1S/C23H34N6.HI/c1-24-23(29-13-10-18(17-29)16-28-11-6-7-12-28)25-15-19-14-22(27(2)3)26-21-9-5-4-8-20(19)21;/h4-5,8-9,14,18H,6-7,10-13,15-17H2,1-3H3,(H,24,25);1H. The second kappa shape index (κ2) is 10.6. The Morgan fingerprint density at radius 3 is 2.70 bits per heavy atom. The molecule has 0 bridgehead atoms. The SMILES string of the molecule is CN=C(NCc1cc(N(C)C)nc2ccccc12)N1CCC(CN2CCCC2)C1.I. The summed E-state index contributed by atoms with van der Waals surface area (Å²) in [5, 5.41) is 4.82. The lowest BCUT2D eigenvalue weighted by Crippen LogP contribution is -2.40. The van der Waals surface area contributed by atoms with E-state index in [0.717, 1.165) is 42.8 Å². The van der Waals surface area contributed by atoms with E-state index >= 15 is 0 Å². The van der Waals surface area contributed by atoms with Crippen molar-refractivity contribution in [3.63, 3.8) is 0 Å². The lowest BCUT2D eigenvalue weighted by atomic mass is 10.1. The van der Waals surface area contributed by atoms with Crippen molar-refractivity contribution in [2.24, 2.45) is 10.9 Å². The molecule has 2 aromatic rings. The number of likely N-dealkylation sites (tertiary alicyclic amines) is 2. The van der Waals surface area contributed by atoms with Crippen LogP contribution in [0.1, 0.15) is 24.8 Å². The molecule has 2 saturated heterocycles. The highest BCUT2D eigenvalue weighted by Crippen LogP contribution is 2.23. The van der Waals surface area contributed by atoms with Gasteiger partial charge < -0.3 is 20.0 Å². The number of halogens is 1. The van der Waals surface area contributed by atoms with Crippen LogP contribution in [0.5, 0.6) is 0 Å². The molecule has 0 radical (unpaired) electrons. The smallest absolute Gasteiger partial charge is 0.193 e. The highest BCUT2D eigenvalue weighted by molar-refractivity contribution is 14.0. The number of anilines is 1. The fourth-order valence-electron chi connectivity index (χ4n) is 4.62. The molecule has 0 saturated carbocycles. The molecule has 0 amide bonds. The maximum absolute atomic E-state index is 4.77. The topological polar surface area (TPSA) is 47.0 Å². The van der Waals surface area contributed by atoms with Gasteiger partial charge in [-0.25, -0.2) is 4.98 Å². The Bertz CT molecular complexity index is 862. The molecule has 164 valence electrons. The van der Waals surface area contributed by atoms with Gasteiger partial charge in [0.2, 0.25) is 0 Å². The van der Waals surface area contributed by atoms with E-state index in [2.05, 4.69) is 55.3 Å². The Morgan fingerprint density at radius 2 is 1.97 bits per heavy atom. The monoisotopic (exact) mass is 522 g/mol. The van der Waals surface area contributed by atoms with Crippen LogP contribution in [0.25, 0.3) is 10.9 Å². The van der Waals surface area contributed by atoms with Gasteiger partial charge in [-0.3, -0.25) is 4.99 Å². The molecule has 0 spiro atoms. The van der Waals surface area contributed by atoms with Crippen molar-refractivity contribution in [2.45, 2.75) is 25.8 Å². The van der Waals surface area contributed by atoms with Gasteiger partial charge in [-0.05, 0) is 56.0 Å². The van der Waals surface area contributed by atoms with Gasteiger partial charge in [-0.15, -0.1) is 24.0 Å². The van der Waals surface area contributed by atoms with Crippen LogP contribution in [0.15, 0.2) is 35.3 Å². The van der Waals surface area contributed by atoms with Gasteiger partial charge >= 0.3 is 0 Å². The van der Waals surface area contributed by atoms with Crippen LogP contribution in [-0.4, -0.2) is 74.6 Å². The molecule has 0 aliphatic carbocycles. The molecular weight excluding hydrogens is 487 g/mol. The summed E-state index contributed by atoms with van der Waals surface area (Å²) in [4.78, 5) is 16.5. The van der Waals surface area contributed by atoms with E-state index < -0.39 is 0 Å². The first kappa shape index (κ1) is 23.1. The van der Waals surface area contributed by atoms with E-state index in [0.29, 0.717) is 0 Å². The average Bonchev–Trinajstić information content (AvgIpc) is 3.41. The summed E-state index contributed by atoms with van der Waals surface area (Å²) in [5.41, 5.74) is 2.30. The summed E-state index contributed by atoms with van der Waals surface area (Å²) in [7, 11) is 5.97. The average molecular weight is 522 g/mol. The fourth-order valence-corrected chi connectivity index (χ4v) is 4.62. The third-order valence-corrected chi connectivity index (χ3v) is 6.20. The third kappa shape index (κ3) is 5.35. The molecule has 7 heteroatoms. The minimum Gasteiger partial charge on any atom is -0.363 e. The summed E-state index contributed by atoms with van der Waals surface area (Å²) in [6.07, 6.45) is 4.00. The number of hydrogen-bond acceptors (Lipinski definition) is 4. The molecule has 30 heavy (non-hydrogen) atoms. The number of fused-ring (bicyclic) bond motifs is 1. The minimum absolute atomic E-state index is 0.